The van der Waals surface area contributed by atoms with E-state index in [1.165, 1.54) is 7.05 Å². The van der Waals surface area contributed by atoms with Gasteiger partial charge in [-0.2, -0.15) is 0 Å². The van der Waals surface area contributed by atoms with Crippen LogP contribution in [0.15, 0.2) is 0 Å². The van der Waals surface area contributed by atoms with Gasteiger partial charge >= 0.3 is 5.91 Å². The molecule has 0 aliphatic rings. The third-order valence-electron chi connectivity index (χ3n) is 0.327. The van der Waals surface area contributed by atoms with Crippen molar-refractivity contribution in [2.75, 3.05) is 7.05 Å². The molecule has 0 bridgehead atoms. The molecular formula is C4H4NO. The third-order valence-corrected chi connectivity index (χ3v) is 0.327. The minimum absolute atomic E-state index is 0.505. The van der Waals surface area contributed by atoms with Crippen molar-refractivity contribution in [2.45, 2.75) is 0 Å². The van der Waals surface area contributed by atoms with Crippen LogP contribution in [0.2, 0.25) is 0 Å². The van der Waals surface area contributed by atoms with Crippen molar-refractivity contribution in [1.29, 1.82) is 0 Å². The van der Waals surface area contributed by atoms with Gasteiger partial charge in [0.05, 0.1) is 0 Å². The highest BCUT2D eigenvalue weighted by molar-refractivity contribution is 5.92. The summed E-state index contributed by atoms with van der Waals surface area (Å²) in [5.74, 6) is 1.30. The summed E-state index contributed by atoms with van der Waals surface area (Å²) in [4.78, 5) is 9.78. The van der Waals surface area contributed by atoms with Crippen LogP contribution in [-0.4, -0.2) is 13.0 Å². The Bertz CT molecular complexity index is 90.2. The first-order valence-corrected chi connectivity index (χ1v) is 1.41. The number of hydrogen-bond donors (Lipinski definition) is 0. The van der Waals surface area contributed by atoms with Crippen LogP contribution in [0.25, 0.3) is 0 Å². The SMILES string of the molecule is C#CC(=O)[N]C. The van der Waals surface area contributed by atoms with E-state index in [1.54, 1.807) is 0 Å². The molecule has 2 heteroatoms. The molecule has 0 aromatic rings. The molecule has 0 aromatic heterocycles. The van der Waals surface area contributed by atoms with Gasteiger partial charge < -0.3 is 0 Å². The number of rotatable bonds is 0. The molecule has 1 radical (unpaired) electrons. The molecule has 0 unspecified atom stereocenters. The molecule has 0 saturated carbocycles. The van der Waals surface area contributed by atoms with Gasteiger partial charge in [0.1, 0.15) is 0 Å². The van der Waals surface area contributed by atoms with Gasteiger partial charge in [-0.15, -0.1) is 6.42 Å². The molecule has 0 aliphatic carbocycles. The van der Waals surface area contributed by atoms with E-state index < -0.39 is 5.91 Å². The number of terminal acetylenes is 1. The summed E-state index contributed by atoms with van der Waals surface area (Å²) >= 11 is 0. The van der Waals surface area contributed by atoms with Gasteiger partial charge in [-0.25, -0.2) is 5.32 Å². The Morgan fingerprint density at radius 2 is 2.50 bits per heavy atom. The summed E-state index contributed by atoms with van der Waals surface area (Å²) in [6.07, 6.45) is 4.59. The van der Waals surface area contributed by atoms with Crippen LogP contribution in [0.5, 0.6) is 0 Å². The molecule has 0 fully saturated rings. The largest absolute Gasteiger partial charge is 0.316 e. The van der Waals surface area contributed by atoms with E-state index in [0.717, 1.165) is 0 Å². The maximum absolute atomic E-state index is 9.78. The van der Waals surface area contributed by atoms with E-state index in [-0.39, 0.29) is 0 Å². The van der Waals surface area contributed by atoms with Gasteiger partial charge in [-0.05, 0) is 5.92 Å². The monoisotopic (exact) mass is 82.0 g/mol. The van der Waals surface area contributed by atoms with Crippen LogP contribution >= 0.6 is 0 Å². The highest BCUT2D eigenvalue weighted by Crippen LogP contribution is 1.51. The molecule has 0 atom stereocenters. The Kier molecular flexibility index (Phi) is 1.91. The summed E-state index contributed by atoms with van der Waals surface area (Å²) < 4.78 is 0. The van der Waals surface area contributed by atoms with Crippen LogP contribution < -0.4 is 5.32 Å². The Morgan fingerprint density at radius 1 is 2.00 bits per heavy atom. The Morgan fingerprint density at radius 3 is 2.50 bits per heavy atom. The summed E-state index contributed by atoms with van der Waals surface area (Å²) in [5.41, 5.74) is 0. The van der Waals surface area contributed by atoms with Crippen molar-refractivity contribution in [2.24, 2.45) is 0 Å². The maximum atomic E-state index is 9.78. The quantitative estimate of drug-likeness (QED) is 0.358. The van der Waals surface area contributed by atoms with Gasteiger partial charge in [0.25, 0.3) is 0 Å². The Labute approximate surface area is 36.5 Å². The van der Waals surface area contributed by atoms with E-state index in [9.17, 15) is 4.79 Å². The van der Waals surface area contributed by atoms with E-state index in [0.29, 0.717) is 0 Å². The molecule has 2 nitrogen and oxygen atoms in total. The Balaban J connectivity index is 3.33. The van der Waals surface area contributed by atoms with Crippen LogP contribution in [0, 0.1) is 12.3 Å². The predicted molar refractivity (Wildman–Crippen MR) is 21.9 cm³/mol. The second-order valence-electron chi connectivity index (χ2n) is 0.673. The zero-order chi connectivity index (χ0) is 4.99. The second kappa shape index (κ2) is 2.28. The van der Waals surface area contributed by atoms with Crippen molar-refractivity contribution in [3.63, 3.8) is 0 Å². The summed E-state index contributed by atoms with van der Waals surface area (Å²) in [6, 6.07) is 0. The lowest BCUT2D eigenvalue weighted by Crippen LogP contribution is -2.05. The van der Waals surface area contributed by atoms with Crippen molar-refractivity contribution in [3.8, 4) is 12.3 Å². The molecule has 0 N–H and O–H groups in total. The van der Waals surface area contributed by atoms with Crippen molar-refractivity contribution in [3.05, 3.63) is 0 Å². The lowest BCUT2D eigenvalue weighted by atomic mass is 10.6. The first-order chi connectivity index (χ1) is 2.81. The normalized spacial score (nSPS) is 6.00. The van der Waals surface area contributed by atoms with E-state index in [2.05, 4.69) is 11.7 Å². The van der Waals surface area contributed by atoms with Crippen LogP contribution in [0.3, 0.4) is 0 Å². The zero-order valence-corrected chi connectivity index (χ0v) is 3.43. The maximum Gasteiger partial charge on any atom is 0.316 e. The smallest absolute Gasteiger partial charge is 0.257 e. The fourth-order valence-corrected chi connectivity index (χ4v) is 0.0645. The number of amides is 1. The second-order valence-corrected chi connectivity index (χ2v) is 0.673. The van der Waals surface area contributed by atoms with E-state index in [1.807, 2.05) is 5.92 Å². The predicted octanol–water partition coefficient (Wildman–Crippen LogP) is -0.620. The minimum atomic E-state index is -0.505. The van der Waals surface area contributed by atoms with Crippen LogP contribution in [0.4, 0.5) is 0 Å². The van der Waals surface area contributed by atoms with Crippen LogP contribution in [-0.2, 0) is 4.79 Å². The van der Waals surface area contributed by atoms with Gasteiger partial charge in [-0.1, -0.05) is 0 Å². The van der Waals surface area contributed by atoms with E-state index in [4.69, 9.17) is 0 Å². The number of carbonyl (C=O) groups excluding carboxylic acids is 1. The standard InChI is InChI=1S/C4H4NO/c1-3-4(6)5-2/h1H,2H3. The molecule has 0 rings (SSSR count). The summed E-state index contributed by atoms with van der Waals surface area (Å²) in [5, 5.41) is 3.13. The Hall–Kier alpha value is -0.970. The fraction of sp³-hybridized carbons (Fsp3) is 0.250. The number of hydrogen-bond acceptors (Lipinski definition) is 1. The van der Waals surface area contributed by atoms with Gasteiger partial charge in [0.2, 0.25) is 0 Å². The van der Waals surface area contributed by atoms with Gasteiger partial charge in [0.15, 0.2) is 0 Å². The van der Waals surface area contributed by atoms with Crippen LogP contribution in [0.1, 0.15) is 0 Å². The van der Waals surface area contributed by atoms with Crippen molar-refractivity contribution < 1.29 is 4.79 Å². The molecule has 0 aromatic carbocycles. The minimum Gasteiger partial charge on any atom is -0.257 e. The molecule has 0 heterocycles. The average molecular weight is 82.1 g/mol. The summed E-state index contributed by atoms with van der Waals surface area (Å²) in [6.45, 7) is 0. The molecular weight excluding hydrogens is 78.0 g/mol. The first-order valence-electron chi connectivity index (χ1n) is 1.41. The average Bonchev–Trinajstić information content (AvgIpc) is 1.65. The molecule has 31 valence electrons. The van der Waals surface area contributed by atoms with E-state index >= 15 is 0 Å². The zero-order valence-electron chi connectivity index (χ0n) is 3.43. The molecule has 1 amide bonds. The lowest BCUT2D eigenvalue weighted by molar-refractivity contribution is -0.115. The third kappa shape index (κ3) is 1.36. The molecule has 0 saturated heterocycles. The first kappa shape index (κ1) is 5.03. The highest BCUT2D eigenvalue weighted by atomic mass is 16.1. The number of carbonyl (C=O) groups is 1. The highest BCUT2D eigenvalue weighted by Gasteiger charge is 1.82. The van der Waals surface area contributed by atoms with Gasteiger partial charge in [0, 0.05) is 7.05 Å². The summed E-state index contributed by atoms with van der Waals surface area (Å²) in [7, 11) is 1.36. The van der Waals surface area contributed by atoms with Gasteiger partial charge in [-0.3, -0.25) is 4.79 Å². The molecule has 0 aliphatic heterocycles. The van der Waals surface area contributed by atoms with Crippen molar-refractivity contribution >= 4 is 5.91 Å². The lowest BCUT2D eigenvalue weighted by Gasteiger charge is -1.74. The topological polar surface area (TPSA) is 31.2 Å². The number of nitrogens with zero attached hydrogens (tertiary/aromatic N) is 1. The van der Waals surface area contributed by atoms with Crippen molar-refractivity contribution in [1.82, 2.24) is 5.32 Å². The molecule has 0 spiro atoms. The fourth-order valence-electron chi connectivity index (χ4n) is 0.0645. The molecule has 6 heavy (non-hydrogen) atoms.